The number of anilines is 1. The summed E-state index contributed by atoms with van der Waals surface area (Å²) < 4.78 is 11.8. The normalized spacial score (nSPS) is 12.3. The van der Waals surface area contributed by atoms with E-state index in [0.29, 0.717) is 22.5 Å². The lowest BCUT2D eigenvalue weighted by molar-refractivity contribution is -0.136. The molecule has 27 heavy (non-hydrogen) atoms. The second-order valence-electron chi connectivity index (χ2n) is 5.20. The lowest BCUT2D eigenvalue weighted by Crippen LogP contribution is -2.32. The number of rotatable bonds is 6. The Bertz CT molecular complexity index is 1060. The van der Waals surface area contributed by atoms with Crippen LogP contribution >= 0.6 is 11.3 Å². The molecule has 0 spiro atoms. The molecule has 142 valence electrons. The summed E-state index contributed by atoms with van der Waals surface area (Å²) in [4.78, 5) is 24.6. The standard InChI is InChI=1S/C18H19N3O5S/c1-4-21-16(23)15(27-17(21)12(9-19)18(24)26-5-2)10-20-11-6-7-14(25-3)13(22)8-11/h6-8,10,20,22H,4-5H2,1-3H3/b15-10-,17-12-. The van der Waals surface area contributed by atoms with Crippen LogP contribution < -0.4 is 24.8 Å². The molecule has 1 heterocycles. The van der Waals surface area contributed by atoms with Crippen LogP contribution in [0.2, 0.25) is 0 Å². The molecule has 1 aromatic heterocycles. The highest BCUT2D eigenvalue weighted by Crippen LogP contribution is 2.28. The number of benzene rings is 1. The number of carbonyl (C=O) groups is 1. The number of thiazole rings is 1. The first-order chi connectivity index (χ1) is 13.0. The maximum absolute atomic E-state index is 12.6. The van der Waals surface area contributed by atoms with Crippen LogP contribution in [0.3, 0.4) is 0 Å². The van der Waals surface area contributed by atoms with E-state index in [1.807, 2.05) is 6.07 Å². The molecule has 9 heteroatoms. The topological polar surface area (TPSA) is 114 Å². The largest absolute Gasteiger partial charge is 0.504 e. The van der Waals surface area contributed by atoms with Crippen molar-refractivity contribution in [3.8, 4) is 17.6 Å². The van der Waals surface area contributed by atoms with Gasteiger partial charge in [0.15, 0.2) is 17.1 Å². The van der Waals surface area contributed by atoms with Crippen molar-refractivity contribution in [2.75, 3.05) is 19.0 Å². The van der Waals surface area contributed by atoms with Crippen molar-refractivity contribution in [2.24, 2.45) is 0 Å². The van der Waals surface area contributed by atoms with Crippen molar-refractivity contribution < 1.29 is 19.4 Å². The Morgan fingerprint density at radius 1 is 1.44 bits per heavy atom. The highest BCUT2D eigenvalue weighted by molar-refractivity contribution is 7.07. The predicted molar refractivity (Wildman–Crippen MR) is 102 cm³/mol. The van der Waals surface area contributed by atoms with Gasteiger partial charge in [-0.15, -0.1) is 11.3 Å². The summed E-state index contributed by atoms with van der Waals surface area (Å²) in [5.41, 5.74) is 0.00269. The van der Waals surface area contributed by atoms with E-state index in [1.54, 1.807) is 26.0 Å². The molecule has 0 radical (unpaired) electrons. The summed E-state index contributed by atoms with van der Waals surface area (Å²) >= 11 is 1.01. The molecule has 0 fully saturated rings. The number of nitriles is 1. The van der Waals surface area contributed by atoms with Gasteiger partial charge in [-0.3, -0.25) is 9.36 Å². The Balaban J connectivity index is 2.53. The number of aromatic nitrogens is 1. The molecule has 0 saturated heterocycles. The molecule has 0 bridgehead atoms. The van der Waals surface area contributed by atoms with E-state index in [1.165, 1.54) is 23.9 Å². The lowest BCUT2D eigenvalue weighted by atomic mass is 10.3. The fourth-order valence-corrected chi connectivity index (χ4v) is 3.38. The lowest BCUT2D eigenvalue weighted by Gasteiger charge is -2.05. The summed E-state index contributed by atoms with van der Waals surface area (Å²) in [6.07, 6.45) is 1.46. The molecule has 0 unspecified atom stereocenters. The average Bonchev–Trinajstić information content (AvgIpc) is 2.96. The van der Waals surface area contributed by atoms with Gasteiger partial charge in [0.2, 0.25) is 0 Å². The zero-order chi connectivity index (χ0) is 20.0. The molecule has 2 aromatic rings. The first-order valence-electron chi connectivity index (χ1n) is 8.11. The van der Waals surface area contributed by atoms with Gasteiger partial charge in [0.25, 0.3) is 5.56 Å². The maximum Gasteiger partial charge on any atom is 0.351 e. The quantitative estimate of drug-likeness (QED) is 0.700. The third-order valence-electron chi connectivity index (χ3n) is 3.58. The van der Waals surface area contributed by atoms with Crippen LogP contribution in [-0.2, 0) is 16.1 Å². The SMILES string of the molecule is CCOC(=O)/C(C#N)=c1\s/c(=C\Nc2ccc(OC)c(O)c2)c(=O)n1CC. The summed E-state index contributed by atoms with van der Waals surface area (Å²) in [7, 11) is 1.45. The van der Waals surface area contributed by atoms with Crippen LogP contribution in [-0.4, -0.2) is 29.4 Å². The molecule has 0 aliphatic rings. The number of ether oxygens (including phenoxy) is 2. The van der Waals surface area contributed by atoms with E-state index in [9.17, 15) is 20.0 Å². The molecular formula is C18H19N3O5S. The molecule has 2 rings (SSSR count). The van der Waals surface area contributed by atoms with Crippen LogP contribution in [0.5, 0.6) is 11.5 Å². The van der Waals surface area contributed by atoms with Gasteiger partial charge in [-0.2, -0.15) is 5.26 Å². The fraction of sp³-hybridized carbons (Fsp3) is 0.278. The van der Waals surface area contributed by atoms with Crippen molar-refractivity contribution in [3.63, 3.8) is 0 Å². The number of methoxy groups -OCH3 is 1. The molecule has 0 aliphatic carbocycles. The van der Waals surface area contributed by atoms with Crippen molar-refractivity contribution in [1.29, 1.82) is 5.26 Å². The van der Waals surface area contributed by atoms with E-state index in [-0.39, 0.29) is 28.2 Å². The Hall–Kier alpha value is -3.25. The number of esters is 1. The van der Waals surface area contributed by atoms with E-state index in [4.69, 9.17) is 9.47 Å². The van der Waals surface area contributed by atoms with E-state index < -0.39 is 5.97 Å². The summed E-state index contributed by atoms with van der Waals surface area (Å²) in [5.74, 6) is -0.478. The maximum atomic E-state index is 12.6. The van der Waals surface area contributed by atoms with Crippen molar-refractivity contribution in [2.45, 2.75) is 20.4 Å². The van der Waals surface area contributed by atoms with Gasteiger partial charge in [0, 0.05) is 24.5 Å². The molecular weight excluding hydrogens is 370 g/mol. The second-order valence-corrected chi connectivity index (χ2v) is 6.23. The van der Waals surface area contributed by atoms with Crippen LogP contribution in [0.4, 0.5) is 5.69 Å². The van der Waals surface area contributed by atoms with Crippen LogP contribution in [0.1, 0.15) is 13.8 Å². The monoisotopic (exact) mass is 389 g/mol. The molecule has 0 amide bonds. The third kappa shape index (κ3) is 4.30. The third-order valence-corrected chi connectivity index (χ3v) is 4.71. The van der Waals surface area contributed by atoms with E-state index in [2.05, 4.69) is 5.32 Å². The van der Waals surface area contributed by atoms with Gasteiger partial charge in [0.05, 0.1) is 13.7 Å². The van der Waals surface area contributed by atoms with Crippen molar-refractivity contribution in [1.82, 2.24) is 4.57 Å². The summed E-state index contributed by atoms with van der Waals surface area (Å²) in [5, 5.41) is 22.1. The highest BCUT2D eigenvalue weighted by Gasteiger charge is 2.16. The van der Waals surface area contributed by atoms with Gasteiger partial charge in [0.1, 0.15) is 15.3 Å². The van der Waals surface area contributed by atoms with Crippen molar-refractivity contribution >= 4 is 34.8 Å². The predicted octanol–water partition coefficient (Wildman–Crippen LogP) is 0.731. The smallest absolute Gasteiger partial charge is 0.351 e. The van der Waals surface area contributed by atoms with Crippen LogP contribution in [0.15, 0.2) is 23.0 Å². The first-order valence-corrected chi connectivity index (χ1v) is 8.93. The van der Waals surface area contributed by atoms with Gasteiger partial charge >= 0.3 is 5.97 Å². The zero-order valence-corrected chi connectivity index (χ0v) is 15.9. The minimum absolute atomic E-state index is 0.0452. The Kier molecular flexibility index (Phi) is 6.62. The zero-order valence-electron chi connectivity index (χ0n) is 15.1. The van der Waals surface area contributed by atoms with Gasteiger partial charge < -0.3 is 19.9 Å². The minimum atomic E-state index is -0.761. The minimum Gasteiger partial charge on any atom is -0.504 e. The molecule has 0 saturated carbocycles. The Morgan fingerprint density at radius 2 is 2.19 bits per heavy atom. The van der Waals surface area contributed by atoms with Crippen LogP contribution in [0.25, 0.3) is 11.8 Å². The number of phenols is 1. The molecule has 0 aliphatic heterocycles. The number of nitrogens with one attached hydrogen (secondary N) is 1. The van der Waals surface area contributed by atoms with Gasteiger partial charge in [-0.1, -0.05) is 0 Å². The number of phenolic OH excluding ortho intramolecular Hbond substituents is 1. The van der Waals surface area contributed by atoms with Gasteiger partial charge in [-0.25, -0.2) is 4.79 Å². The molecule has 8 nitrogen and oxygen atoms in total. The number of hydrogen-bond donors (Lipinski definition) is 2. The second kappa shape index (κ2) is 8.91. The Morgan fingerprint density at radius 3 is 2.74 bits per heavy atom. The first kappa shape index (κ1) is 20.1. The van der Waals surface area contributed by atoms with E-state index >= 15 is 0 Å². The average molecular weight is 389 g/mol. The summed E-state index contributed by atoms with van der Waals surface area (Å²) in [6.45, 7) is 3.82. The fourth-order valence-electron chi connectivity index (χ4n) is 2.31. The highest BCUT2D eigenvalue weighted by atomic mass is 32.1. The number of hydrogen-bond acceptors (Lipinski definition) is 8. The molecule has 0 atom stereocenters. The number of aromatic hydroxyl groups is 1. The number of carbonyl (C=O) groups excluding carboxylic acids is 1. The summed E-state index contributed by atoms with van der Waals surface area (Å²) in [6, 6.07) is 6.53. The number of nitrogens with zero attached hydrogens (tertiary/aromatic N) is 2. The molecule has 1 aromatic carbocycles. The Labute approximate surface area is 159 Å². The van der Waals surface area contributed by atoms with Gasteiger partial charge in [-0.05, 0) is 26.0 Å². The van der Waals surface area contributed by atoms with E-state index in [0.717, 1.165) is 11.3 Å². The van der Waals surface area contributed by atoms with Crippen molar-refractivity contribution in [3.05, 3.63) is 37.7 Å². The van der Waals surface area contributed by atoms with Crippen LogP contribution in [0, 0.1) is 11.3 Å². The molecule has 2 N–H and O–H groups in total.